The van der Waals surface area contributed by atoms with Gasteiger partial charge in [0.2, 0.25) is 0 Å². The maximum Gasteiger partial charge on any atom is 0.338 e. The molecule has 0 aliphatic heterocycles. The Balaban J connectivity index is 3.14. The summed E-state index contributed by atoms with van der Waals surface area (Å²) in [5.41, 5.74) is 3.94. The third kappa shape index (κ3) is 3.95. The van der Waals surface area contributed by atoms with Gasteiger partial charge in [-0.2, -0.15) is 0 Å². The molecule has 0 fully saturated rings. The Morgan fingerprint density at radius 3 is 2.00 bits per heavy atom. The lowest BCUT2D eigenvalue weighted by atomic mass is 9.86. The van der Waals surface area contributed by atoms with E-state index in [2.05, 4.69) is 32.9 Å². The molecule has 0 N–H and O–H groups in total. The van der Waals surface area contributed by atoms with E-state index < -0.39 is 0 Å². The monoisotopic (exact) mass is 260 g/mol. The molecule has 0 aliphatic carbocycles. The highest BCUT2D eigenvalue weighted by Gasteiger charge is 2.17. The minimum Gasteiger partial charge on any atom is -0.462 e. The van der Waals surface area contributed by atoms with E-state index in [0.29, 0.717) is 12.2 Å². The molecular weight excluding hydrogens is 236 g/mol. The van der Waals surface area contributed by atoms with Gasteiger partial charge >= 0.3 is 5.97 Å². The Bertz CT molecular complexity index is 469. The zero-order valence-electron chi connectivity index (χ0n) is 12.8. The first-order valence-electron chi connectivity index (χ1n) is 6.73. The number of carbonyl (C=O) groups excluding carboxylic acids is 1. The van der Waals surface area contributed by atoms with Gasteiger partial charge < -0.3 is 4.74 Å². The Labute approximate surface area is 116 Å². The van der Waals surface area contributed by atoms with Crippen LogP contribution < -0.4 is 0 Å². The summed E-state index contributed by atoms with van der Waals surface area (Å²) in [6.45, 7) is 12.6. The largest absolute Gasteiger partial charge is 0.462 e. The van der Waals surface area contributed by atoms with Gasteiger partial charge in [-0.15, -0.1) is 0 Å². The Kier molecular flexibility index (Phi) is 4.93. The van der Waals surface area contributed by atoms with Crippen LogP contribution in [0, 0.1) is 0 Å². The lowest BCUT2D eigenvalue weighted by molar-refractivity contribution is -0.136. The molecule has 0 heterocycles. The Hall–Kier alpha value is -1.57. The molecule has 0 amide bonds. The summed E-state index contributed by atoms with van der Waals surface area (Å²) in [6, 6.07) is 8.16. The van der Waals surface area contributed by atoms with E-state index in [0.717, 1.165) is 11.1 Å². The zero-order chi connectivity index (χ0) is 14.6. The average molecular weight is 260 g/mol. The average Bonchev–Trinajstić information content (AvgIpc) is 2.28. The van der Waals surface area contributed by atoms with E-state index in [4.69, 9.17) is 4.74 Å². The van der Waals surface area contributed by atoms with Crippen LogP contribution in [-0.4, -0.2) is 12.6 Å². The Morgan fingerprint density at radius 1 is 1.11 bits per heavy atom. The molecule has 104 valence electrons. The first kappa shape index (κ1) is 15.5. The van der Waals surface area contributed by atoms with Gasteiger partial charge in [-0.05, 0) is 37.3 Å². The van der Waals surface area contributed by atoms with Gasteiger partial charge in [-0.25, -0.2) is 4.79 Å². The van der Waals surface area contributed by atoms with Gasteiger partial charge in [0.1, 0.15) is 0 Å². The predicted molar refractivity (Wildman–Crippen MR) is 80.0 cm³/mol. The van der Waals surface area contributed by atoms with Crippen molar-refractivity contribution < 1.29 is 9.53 Å². The molecule has 0 saturated heterocycles. The molecule has 1 aromatic carbocycles. The fourth-order valence-corrected chi connectivity index (χ4v) is 1.95. The first-order chi connectivity index (χ1) is 8.77. The van der Waals surface area contributed by atoms with Crippen molar-refractivity contribution in [2.45, 2.75) is 47.0 Å². The minimum absolute atomic E-state index is 0.119. The topological polar surface area (TPSA) is 26.3 Å². The van der Waals surface area contributed by atoms with Crippen molar-refractivity contribution >= 4 is 11.5 Å². The number of rotatable bonds is 3. The van der Waals surface area contributed by atoms with E-state index in [1.54, 1.807) is 0 Å². The second kappa shape index (κ2) is 6.05. The summed E-state index contributed by atoms with van der Waals surface area (Å²) in [4.78, 5) is 12.0. The highest BCUT2D eigenvalue weighted by molar-refractivity contribution is 6.17. The highest BCUT2D eigenvalue weighted by Crippen LogP contribution is 2.26. The van der Waals surface area contributed by atoms with Gasteiger partial charge in [0, 0.05) is 0 Å². The summed E-state index contributed by atoms with van der Waals surface area (Å²) in [5.74, 6) is -0.244. The van der Waals surface area contributed by atoms with Crippen LogP contribution in [0.3, 0.4) is 0 Å². The smallest absolute Gasteiger partial charge is 0.338 e. The van der Waals surface area contributed by atoms with Gasteiger partial charge in [0.25, 0.3) is 0 Å². The zero-order valence-corrected chi connectivity index (χ0v) is 12.8. The van der Waals surface area contributed by atoms with Crippen LogP contribution in [0.2, 0.25) is 0 Å². The molecule has 0 radical (unpaired) electrons. The summed E-state index contributed by atoms with van der Waals surface area (Å²) in [6.07, 6.45) is 0. The normalized spacial score (nSPS) is 11.1. The number of hydrogen-bond acceptors (Lipinski definition) is 2. The lowest BCUT2D eigenvalue weighted by Gasteiger charge is -2.19. The van der Waals surface area contributed by atoms with Crippen molar-refractivity contribution in [1.29, 1.82) is 0 Å². The summed E-state index contributed by atoms with van der Waals surface area (Å²) in [7, 11) is 0. The molecule has 0 aromatic heterocycles. The van der Waals surface area contributed by atoms with Crippen LogP contribution in [-0.2, 0) is 14.9 Å². The summed E-state index contributed by atoms with van der Waals surface area (Å²) < 4.78 is 5.12. The predicted octanol–water partition coefficient (Wildman–Crippen LogP) is 4.34. The standard InChI is InChI=1S/C17H24O2/c1-7-19-16(18)15(12(2)3)13-8-10-14(11-9-13)17(4,5)6/h8-11H,7H2,1-6H3. The van der Waals surface area contributed by atoms with Crippen LogP contribution in [0.1, 0.15) is 52.7 Å². The maximum absolute atomic E-state index is 12.0. The fourth-order valence-electron chi connectivity index (χ4n) is 1.95. The van der Waals surface area contributed by atoms with Crippen molar-refractivity contribution in [3.8, 4) is 0 Å². The van der Waals surface area contributed by atoms with Crippen molar-refractivity contribution in [1.82, 2.24) is 0 Å². The minimum atomic E-state index is -0.244. The quantitative estimate of drug-likeness (QED) is 0.597. The van der Waals surface area contributed by atoms with E-state index in [9.17, 15) is 4.79 Å². The van der Waals surface area contributed by atoms with Crippen LogP contribution in [0.4, 0.5) is 0 Å². The van der Waals surface area contributed by atoms with Crippen molar-refractivity contribution in [2.75, 3.05) is 6.61 Å². The first-order valence-corrected chi connectivity index (χ1v) is 6.73. The van der Waals surface area contributed by atoms with Crippen LogP contribution in [0.5, 0.6) is 0 Å². The van der Waals surface area contributed by atoms with Gasteiger partial charge in [-0.1, -0.05) is 50.6 Å². The van der Waals surface area contributed by atoms with Crippen molar-refractivity contribution in [2.24, 2.45) is 0 Å². The molecule has 19 heavy (non-hydrogen) atoms. The van der Waals surface area contributed by atoms with E-state index in [1.807, 2.05) is 32.9 Å². The van der Waals surface area contributed by atoms with E-state index >= 15 is 0 Å². The molecule has 0 aliphatic rings. The van der Waals surface area contributed by atoms with Crippen molar-refractivity contribution in [3.63, 3.8) is 0 Å². The molecule has 0 saturated carbocycles. The molecule has 0 unspecified atom stereocenters. The molecule has 0 atom stereocenters. The fraction of sp³-hybridized carbons (Fsp3) is 0.471. The number of ether oxygens (including phenoxy) is 1. The number of benzene rings is 1. The lowest BCUT2D eigenvalue weighted by Crippen LogP contribution is -2.12. The van der Waals surface area contributed by atoms with Crippen molar-refractivity contribution in [3.05, 3.63) is 41.0 Å². The SMILES string of the molecule is CCOC(=O)C(=C(C)C)c1ccc(C(C)(C)C)cc1. The number of allylic oxidation sites excluding steroid dienone is 1. The van der Waals surface area contributed by atoms with Crippen LogP contribution in [0.25, 0.3) is 5.57 Å². The molecule has 2 nitrogen and oxygen atoms in total. The summed E-state index contributed by atoms with van der Waals surface area (Å²) >= 11 is 0. The molecule has 2 heteroatoms. The molecule has 1 aromatic rings. The second-order valence-corrected chi connectivity index (χ2v) is 5.92. The third-order valence-corrected chi connectivity index (χ3v) is 3.02. The molecule has 0 spiro atoms. The highest BCUT2D eigenvalue weighted by atomic mass is 16.5. The Morgan fingerprint density at radius 2 is 1.63 bits per heavy atom. The number of esters is 1. The van der Waals surface area contributed by atoms with Gasteiger partial charge in [0.15, 0.2) is 0 Å². The number of hydrogen-bond donors (Lipinski definition) is 0. The molecular formula is C17H24O2. The van der Waals surface area contributed by atoms with Crippen LogP contribution >= 0.6 is 0 Å². The molecule has 0 bridgehead atoms. The van der Waals surface area contributed by atoms with Gasteiger partial charge in [0.05, 0.1) is 12.2 Å². The number of carbonyl (C=O) groups is 1. The van der Waals surface area contributed by atoms with E-state index in [1.165, 1.54) is 5.56 Å². The third-order valence-electron chi connectivity index (χ3n) is 3.02. The van der Waals surface area contributed by atoms with Crippen LogP contribution in [0.15, 0.2) is 29.8 Å². The summed E-state index contributed by atoms with van der Waals surface area (Å²) in [5, 5.41) is 0. The maximum atomic E-state index is 12.0. The van der Waals surface area contributed by atoms with Gasteiger partial charge in [-0.3, -0.25) is 0 Å². The molecule has 1 rings (SSSR count). The second-order valence-electron chi connectivity index (χ2n) is 5.92. The van der Waals surface area contributed by atoms with E-state index in [-0.39, 0.29) is 11.4 Å².